The first-order valence-corrected chi connectivity index (χ1v) is 11.8. The van der Waals surface area contributed by atoms with Gasteiger partial charge in [-0.05, 0) is 22.3 Å². The Hall–Kier alpha value is -3.43. The second-order valence-electron chi connectivity index (χ2n) is 9.08. The highest BCUT2D eigenvalue weighted by molar-refractivity contribution is 5.82. The third kappa shape index (κ3) is 4.74. The first-order valence-electron chi connectivity index (χ1n) is 11.8. The van der Waals surface area contributed by atoms with E-state index in [0.29, 0.717) is 13.2 Å². The Morgan fingerprint density at radius 3 is 2.34 bits per heavy atom. The van der Waals surface area contributed by atoms with Gasteiger partial charge < -0.3 is 29.5 Å². The lowest BCUT2D eigenvalue weighted by Crippen LogP contribution is -2.55. The van der Waals surface area contributed by atoms with E-state index in [1.165, 1.54) is 0 Å². The third-order valence-corrected chi connectivity index (χ3v) is 6.97. The summed E-state index contributed by atoms with van der Waals surface area (Å²) in [6.45, 7) is 1.36. The molecule has 9 heteroatoms. The fourth-order valence-electron chi connectivity index (χ4n) is 5.26. The van der Waals surface area contributed by atoms with E-state index in [-0.39, 0.29) is 44.7 Å². The minimum atomic E-state index is -0.991. The Labute approximate surface area is 203 Å². The fourth-order valence-corrected chi connectivity index (χ4v) is 5.26. The molecule has 3 unspecified atom stereocenters. The van der Waals surface area contributed by atoms with Crippen LogP contribution >= 0.6 is 0 Å². The lowest BCUT2D eigenvalue weighted by molar-refractivity contribution is -0.149. The van der Waals surface area contributed by atoms with Crippen LogP contribution in [0, 0.1) is 5.92 Å². The normalized spacial score (nSPS) is 23.4. The summed E-state index contributed by atoms with van der Waals surface area (Å²) in [5, 5.41) is 12.0. The molecule has 2 aliphatic heterocycles. The summed E-state index contributed by atoms with van der Waals surface area (Å²) < 4.78 is 16.5. The molecule has 3 aliphatic rings. The van der Waals surface area contributed by atoms with Crippen LogP contribution in [-0.4, -0.2) is 79.6 Å². The van der Waals surface area contributed by atoms with Crippen LogP contribution in [0.2, 0.25) is 0 Å². The number of aliphatic carboxylic acids is 1. The largest absolute Gasteiger partial charge is 0.481 e. The molecule has 1 aliphatic carbocycles. The van der Waals surface area contributed by atoms with Crippen LogP contribution in [0.25, 0.3) is 11.1 Å². The van der Waals surface area contributed by atoms with Gasteiger partial charge in [0.25, 0.3) is 0 Å². The fraction of sp³-hybridized carbons (Fsp3) is 0.423. The minimum Gasteiger partial charge on any atom is -0.481 e. The molecule has 2 amide bonds. The van der Waals surface area contributed by atoms with Gasteiger partial charge in [0.1, 0.15) is 6.61 Å². The monoisotopic (exact) mass is 480 g/mol. The van der Waals surface area contributed by atoms with Crippen molar-refractivity contribution in [1.82, 2.24) is 10.2 Å². The van der Waals surface area contributed by atoms with E-state index in [4.69, 9.17) is 14.2 Å². The molecule has 35 heavy (non-hydrogen) atoms. The summed E-state index contributed by atoms with van der Waals surface area (Å²) in [6, 6.07) is 15.1. The molecule has 9 nitrogen and oxygen atoms in total. The molecule has 5 rings (SSSR count). The van der Waals surface area contributed by atoms with Crippen molar-refractivity contribution in [3.05, 3.63) is 59.7 Å². The zero-order valence-electron chi connectivity index (χ0n) is 19.2. The van der Waals surface area contributed by atoms with Crippen molar-refractivity contribution in [1.29, 1.82) is 0 Å². The topological polar surface area (TPSA) is 114 Å². The van der Waals surface area contributed by atoms with E-state index in [9.17, 15) is 19.5 Å². The maximum atomic E-state index is 13.2. The van der Waals surface area contributed by atoms with Crippen molar-refractivity contribution in [2.24, 2.45) is 5.92 Å². The van der Waals surface area contributed by atoms with Crippen LogP contribution in [0.5, 0.6) is 0 Å². The van der Waals surface area contributed by atoms with Crippen LogP contribution in [0.15, 0.2) is 48.5 Å². The number of rotatable bonds is 6. The van der Waals surface area contributed by atoms with E-state index in [2.05, 4.69) is 29.6 Å². The number of amides is 2. The molecule has 0 bridgehead atoms. The summed E-state index contributed by atoms with van der Waals surface area (Å²) in [7, 11) is 0. The SMILES string of the molecule is O=C(O)CC1COCCN1C(=O)C1COCC1NC(=O)OCC1c2ccccc2-c2ccccc21. The van der Waals surface area contributed by atoms with Crippen molar-refractivity contribution in [3.8, 4) is 11.1 Å². The van der Waals surface area contributed by atoms with Gasteiger partial charge in [0.05, 0.1) is 50.8 Å². The van der Waals surface area contributed by atoms with Gasteiger partial charge in [-0.3, -0.25) is 9.59 Å². The zero-order chi connectivity index (χ0) is 24.4. The van der Waals surface area contributed by atoms with E-state index in [0.717, 1.165) is 22.3 Å². The summed E-state index contributed by atoms with van der Waals surface area (Å²) in [5.74, 6) is -1.89. The standard InChI is InChI=1S/C26H28N2O7/c29-24(30)11-16-12-33-10-9-28(16)25(31)22-13-34-15-23(22)27-26(32)35-14-21-19-7-3-1-5-17(19)18-6-2-4-8-20(18)21/h1-8,16,21-23H,9-15H2,(H,27,32)(H,29,30). The summed E-state index contributed by atoms with van der Waals surface area (Å²) in [4.78, 5) is 38.7. The van der Waals surface area contributed by atoms with Gasteiger partial charge in [-0.2, -0.15) is 0 Å². The van der Waals surface area contributed by atoms with Gasteiger partial charge in [0, 0.05) is 12.5 Å². The molecule has 2 saturated heterocycles. The number of fused-ring (bicyclic) bond motifs is 3. The number of alkyl carbamates (subject to hydrolysis) is 1. The van der Waals surface area contributed by atoms with Gasteiger partial charge in [-0.25, -0.2) is 4.79 Å². The highest BCUT2D eigenvalue weighted by Gasteiger charge is 2.41. The van der Waals surface area contributed by atoms with Crippen molar-refractivity contribution in [2.75, 3.05) is 39.6 Å². The smallest absolute Gasteiger partial charge is 0.407 e. The Morgan fingerprint density at radius 2 is 1.66 bits per heavy atom. The van der Waals surface area contributed by atoms with Gasteiger partial charge in [0.2, 0.25) is 5.91 Å². The first-order chi connectivity index (χ1) is 17.0. The maximum Gasteiger partial charge on any atom is 0.407 e. The van der Waals surface area contributed by atoms with Crippen molar-refractivity contribution in [2.45, 2.75) is 24.4 Å². The number of nitrogens with zero attached hydrogens (tertiary/aromatic N) is 1. The van der Waals surface area contributed by atoms with Crippen LogP contribution in [0.4, 0.5) is 4.79 Å². The molecule has 0 radical (unpaired) electrons. The number of benzene rings is 2. The van der Waals surface area contributed by atoms with E-state index < -0.39 is 30.1 Å². The summed E-state index contributed by atoms with van der Waals surface area (Å²) in [5.41, 5.74) is 4.54. The first kappa shape index (κ1) is 23.3. The molecule has 2 fully saturated rings. The van der Waals surface area contributed by atoms with Crippen LogP contribution in [0.1, 0.15) is 23.5 Å². The molecule has 2 N–H and O–H groups in total. The molecule has 0 spiro atoms. The lowest BCUT2D eigenvalue weighted by atomic mass is 9.98. The number of carboxylic acids is 1. The maximum absolute atomic E-state index is 13.2. The molecule has 2 aromatic rings. The second-order valence-corrected chi connectivity index (χ2v) is 9.08. The second kappa shape index (κ2) is 10.1. The number of carbonyl (C=O) groups excluding carboxylic acids is 2. The Bertz CT molecular complexity index is 1070. The average Bonchev–Trinajstić information content (AvgIpc) is 3.45. The predicted molar refractivity (Wildman–Crippen MR) is 125 cm³/mol. The molecule has 0 saturated carbocycles. The van der Waals surface area contributed by atoms with Crippen LogP contribution in [0.3, 0.4) is 0 Å². The molecular formula is C26H28N2O7. The predicted octanol–water partition coefficient (Wildman–Crippen LogP) is 2.24. The molecule has 2 heterocycles. The van der Waals surface area contributed by atoms with Gasteiger partial charge in [-0.1, -0.05) is 48.5 Å². The number of carboxylic acid groups (broad SMARTS) is 1. The van der Waals surface area contributed by atoms with Crippen molar-refractivity contribution in [3.63, 3.8) is 0 Å². The van der Waals surface area contributed by atoms with Gasteiger partial charge in [-0.15, -0.1) is 0 Å². The molecule has 2 aromatic carbocycles. The van der Waals surface area contributed by atoms with E-state index in [1.807, 2.05) is 24.3 Å². The zero-order valence-corrected chi connectivity index (χ0v) is 19.2. The minimum absolute atomic E-state index is 0.0597. The highest BCUT2D eigenvalue weighted by Crippen LogP contribution is 2.44. The van der Waals surface area contributed by atoms with E-state index >= 15 is 0 Å². The summed E-state index contributed by atoms with van der Waals surface area (Å²) >= 11 is 0. The number of ether oxygens (including phenoxy) is 3. The summed E-state index contributed by atoms with van der Waals surface area (Å²) in [6.07, 6.45) is -0.798. The molecule has 0 aromatic heterocycles. The molecule has 3 atom stereocenters. The van der Waals surface area contributed by atoms with Crippen LogP contribution in [-0.2, 0) is 23.8 Å². The average molecular weight is 481 g/mol. The van der Waals surface area contributed by atoms with E-state index in [1.54, 1.807) is 4.90 Å². The Morgan fingerprint density at radius 1 is 0.971 bits per heavy atom. The molecule has 184 valence electrons. The number of hydrogen-bond acceptors (Lipinski definition) is 6. The highest BCUT2D eigenvalue weighted by atomic mass is 16.5. The van der Waals surface area contributed by atoms with Crippen LogP contribution < -0.4 is 5.32 Å². The number of morpholine rings is 1. The number of nitrogens with one attached hydrogen (secondary N) is 1. The quantitative estimate of drug-likeness (QED) is 0.652. The molecular weight excluding hydrogens is 452 g/mol. The Kier molecular flexibility index (Phi) is 6.70. The van der Waals surface area contributed by atoms with Crippen molar-refractivity contribution >= 4 is 18.0 Å². The van der Waals surface area contributed by atoms with Gasteiger partial charge in [0.15, 0.2) is 0 Å². The number of carbonyl (C=O) groups is 3. The lowest BCUT2D eigenvalue weighted by Gasteiger charge is -2.37. The van der Waals surface area contributed by atoms with Gasteiger partial charge >= 0.3 is 12.1 Å². The Balaban J connectivity index is 1.22. The number of hydrogen-bond donors (Lipinski definition) is 2. The van der Waals surface area contributed by atoms with Crippen molar-refractivity contribution < 1.29 is 33.7 Å². The third-order valence-electron chi connectivity index (χ3n) is 6.97.